The summed E-state index contributed by atoms with van der Waals surface area (Å²) >= 11 is 0. The molecule has 3 aliphatic rings. The van der Waals surface area contributed by atoms with Crippen molar-refractivity contribution < 1.29 is 23.1 Å². The molecule has 0 spiro atoms. The van der Waals surface area contributed by atoms with Crippen LogP contribution in [0.1, 0.15) is 36.0 Å². The van der Waals surface area contributed by atoms with E-state index >= 15 is 4.39 Å². The molecule has 3 aliphatic heterocycles. The molecule has 0 radical (unpaired) electrons. The zero-order valence-electron chi connectivity index (χ0n) is 26.4. The highest BCUT2D eigenvalue weighted by atomic mass is 19.1. The van der Waals surface area contributed by atoms with Crippen molar-refractivity contribution in [3.05, 3.63) is 70.3 Å². The first-order chi connectivity index (χ1) is 23.0. The Labute approximate surface area is 271 Å². The lowest BCUT2D eigenvalue weighted by Gasteiger charge is -2.27. The lowest BCUT2D eigenvalue weighted by atomic mass is 10.0. The number of nitrogens with one attached hydrogen (secondary N) is 2. The largest absolute Gasteiger partial charge is 0.456 e. The minimum absolute atomic E-state index is 0.0586. The number of morpholine rings is 1. The average molecular weight is 640 g/mol. The van der Waals surface area contributed by atoms with Gasteiger partial charge in [-0.2, -0.15) is 0 Å². The molecular formula is C36H38FN5O5. The summed E-state index contributed by atoms with van der Waals surface area (Å²) in [5.74, 6) is -0.390. The molecule has 0 aliphatic carbocycles. The monoisotopic (exact) mass is 639 g/mol. The zero-order chi connectivity index (χ0) is 32.1. The van der Waals surface area contributed by atoms with Crippen LogP contribution in [-0.2, 0) is 4.74 Å². The second-order valence-electron chi connectivity index (χ2n) is 12.8. The van der Waals surface area contributed by atoms with E-state index in [4.69, 9.17) is 13.9 Å². The Hall–Kier alpha value is -4.45. The van der Waals surface area contributed by atoms with Gasteiger partial charge in [-0.05, 0) is 64.0 Å². The van der Waals surface area contributed by atoms with Crippen LogP contribution in [0.25, 0.3) is 38.5 Å². The van der Waals surface area contributed by atoms with Gasteiger partial charge in [-0.15, -0.1) is 0 Å². The fourth-order valence-corrected chi connectivity index (χ4v) is 7.29. The second kappa shape index (κ2) is 12.3. The Morgan fingerprint density at radius 1 is 1.02 bits per heavy atom. The summed E-state index contributed by atoms with van der Waals surface area (Å²) in [6.45, 7) is 5.99. The second-order valence-corrected chi connectivity index (χ2v) is 12.8. The third-order valence-electron chi connectivity index (χ3n) is 9.86. The molecule has 0 bridgehead atoms. The fourth-order valence-electron chi connectivity index (χ4n) is 7.29. The standard InChI is InChI=1S/C36H38FN5O5/c1-40-12-4-6-22(40)9-11-38-32-27(37)18-25-33-35(32)47-31-19-24-23-7-2-3-8-29(23)46-30(24)20-28(31)42(33)21-26(34(25)43)36(44)39-10-5-13-41-14-16-45-17-15-41/h2-3,7-8,18-22,38H,4-6,9-17H2,1H3,(H,39,44). The minimum atomic E-state index is -0.600. The Kier molecular flexibility index (Phi) is 7.83. The molecule has 2 aromatic heterocycles. The number of aromatic nitrogens is 1. The summed E-state index contributed by atoms with van der Waals surface area (Å²) in [6.07, 6.45) is 5.41. The first-order valence-electron chi connectivity index (χ1n) is 16.5. The summed E-state index contributed by atoms with van der Waals surface area (Å²) in [4.78, 5) is 32.0. The summed E-state index contributed by atoms with van der Waals surface area (Å²) in [7, 11) is 2.12. The first-order valence-corrected chi connectivity index (χ1v) is 16.5. The van der Waals surface area contributed by atoms with Crippen LogP contribution in [0.5, 0.6) is 11.5 Å². The highest BCUT2D eigenvalue weighted by molar-refractivity contribution is 6.07. The van der Waals surface area contributed by atoms with Gasteiger partial charge in [0, 0.05) is 55.3 Å². The lowest BCUT2D eigenvalue weighted by Crippen LogP contribution is -2.38. The van der Waals surface area contributed by atoms with Crippen molar-refractivity contribution >= 4 is 44.4 Å². The summed E-state index contributed by atoms with van der Waals surface area (Å²) in [6, 6.07) is 13.1. The number of rotatable bonds is 9. The third-order valence-corrected chi connectivity index (χ3v) is 9.86. The van der Waals surface area contributed by atoms with Gasteiger partial charge in [-0.3, -0.25) is 14.5 Å². The molecule has 2 fully saturated rings. The van der Waals surface area contributed by atoms with E-state index in [1.54, 1.807) is 10.8 Å². The number of fused-ring (bicyclic) bond motifs is 5. The van der Waals surface area contributed by atoms with Crippen molar-refractivity contribution in [2.24, 2.45) is 0 Å². The molecule has 8 rings (SSSR count). The van der Waals surface area contributed by atoms with Crippen molar-refractivity contribution in [2.75, 3.05) is 64.8 Å². The number of nitrogens with zero attached hydrogens (tertiary/aromatic N) is 3. The van der Waals surface area contributed by atoms with Crippen LogP contribution in [0.3, 0.4) is 0 Å². The number of amides is 1. The minimum Gasteiger partial charge on any atom is -0.456 e. The smallest absolute Gasteiger partial charge is 0.256 e. The maximum atomic E-state index is 16.0. The number of anilines is 1. The highest BCUT2D eigenvalue weighted by Crippen LogP contribution is 2.47. The maximum Gasteiger partial charge on any atom is 0.256 e. The van der Waals surface area contributed by atoms with Crippen LogP contribution in [0.15, 0.2) is 57.9 Å². The van der Waals surface area contributed by atoms with Gasteiger partial charge in [-0.1, -0.05) is 18.2 Å². The fraction of sp³-hybridized carbons (Fsp3) is 0.389. The number of carbonyl (C=O) groups excluding carboxylic acids is 1. The zero-order valence-corrected chi connectivity index (χ0v) is 26.4. The first kappa shape index (κ1) is 29.9. The van der Waals surface area contributed by atoms with E-state index in [0.717, 1.165) is 68.2 Å². The Morgan fingerprint density at radius 3 is 2.70 bits per heavy atom. The van der Waals surface area contributed by atoms with Crippen molar-refractivity contribution in [1.82, 2.24) is 19.7 Å². The topological polar surface area (TPSA) is 101 Å². The molecule has 244 valence electrons. The van der Waals surface area contributed by atoms with E-state index in [1.165, 1.54) is 6.07 Å². The van der Waals surface area contributed by atoms with E-state index in [2.05, 4.69) is 27.5 Å². The van der Waals surface area contributed by atoms with Gasteiger partial charge in [-0.25, -0.2) is 4.39 Å². The van der Waals surface area contributed by atoms with Crippen molar-refractivity contribution in [2.45, 2.75) is 31.7 Å². The quantitative estimate of drug-likeness (QED) is 0.201. The molecule has 1 unspecified atom stereocenters. The van der Waals surface area contributed by atoms with E-state index in [-0.39, 0.29) is 22.4 Å². The SMILES string of the molecule is CN1CCCC1CCNc1c(F)cc2c(=O)c(C(=O)NCCCN3CCOCC3)cn3c2c1Oc1cc2c(cc1-3)oc1ccccc12. The summed E-state index contributed by atoms with van der Waals surface area (Å²) in [5.41, 5.74) is 1.97. The van der Waals surface area contributed by atoms with Crippen molar-refractivity contribution in [1.29, 1.82) is 0 Å². The molecule has 47 heavy (non-hydrogen) atoms. The predicted octanol–water partition coefficient (Wildman–Crippen LogP) is 5.48. The van der Waals surface area contributed by atoms with Crippen LogP contribution >= 0.6 is 0 Å². The van der Waals surface area contributed by atoms with Gasteiger partial charge in [0.05, 0.1) is 24.3 Å². The Balaban J connectivity index is 1.18. The molecule has 10 nitrogen and oxygen atoms in total. The molecule has 0 saturated carbocycles. The maximum absolute atomic E-state index is 16.0. The average Bonchev–Trinajstić information content (AvgIpc) is 3.66. The number of benzene rings is 3. The van der Waals surface area contributed by atoms with E-state index in [9.17, 15) is 9.59 Å². The van der Waals surface area contributed by atoms with E-state index in [1.807, 2.05) is 36.4 Å². The number of para-hydroxylation sites is 1. The molecule has 5 heterocycles. The van der Waals surface area contributed by atoms with Crippen molar-refractivity contribution in [3.8, 4) is 17.2 Å². The van der Waals surface area contributed by atoms with Crippen LogP contribution in [0.4, 0.5) is 10.1 Å². The number of pyridine rings is 1. The molecule has 2 saturated heterocycles. The van der Waals surface area contributed by atoms with Gasteiger partial charge < -0.3 is 34.0 Å². The van der Waals surface area contributed by atoms with Gasteiger partial charge in [0.25, 0.3) is 5.91 Å². The number of hydrogen-bond donors (Lipinski definition) is 2. The van der Waals surface area contributed by atoms with Crippen molar-refractivity contribution in [3.63, 3.8) is 0 Å². The van der Waals surface area contributed by atoms with E-state index < -0.39 is 17.2 Å². The number of likely N-dealkylation sites (tertiary alicyclic amines) is 1. The molecule has 1 atom stereocenters. The predicted molar refractivity (Wildman–Crippen MR) is 180 cm³/mol. The number of carbonyl (C=O) groups is 1. The molecular weight excluding hydrogens is 601 g/mol. The van der Waals surface area contributed by atoms with Crippen LogP contribution < -0.4 is 20.8 Å². The summed E-state index contributed by atoms with van der Waals surface area (Å²) < 4.78 is 35.9. The number of hydrogen-bond acceptors (Lipinski definition) is 8. The Morgan fingerprint density at radius 2 is 1.87 bits per heavy atom. The Bertz CT molecular complexity index is 2070. The van der Waals surface area contributed by atoms with Gasteiger partial charge >= 0.3 is 0 Å². The van der Waals surface area contributed by atoms with Gasteiger partial charge in [0.15, 0.2) is 17.3 Å². The number of ether oxygens (including phenoxy) is 2. The molecule has 3 aromatic carbocycles. The summed E-state index contributed by atoms with van der Waals surface area (Å²) in [5, 5.41) is 8.07. The molecule has 2 N–H and O–H groups in total. The third kappa shape index (κ3) is 5.42. The number of halogens is 1. The molecule has 11 heteroatoms. The normalized spacial score (nSPS) is 18.1. The lowest BCUT2D eigenvalue weighted by molar-refractivity contribution is 0.0374. The van der Waals surface area contributed by atoms with Gasteiger partial charge in [0.1, 0.15) is 27.9 Å². The van der Waals surface area contributed by atoms with Gasteiger partial charge in [0.2, 0.25) is 5.43 Å². The highest BCUT2D eigenvalue weighted by Gasteiger charge is 2.30. The van der Waals surface area contributed by atoms with Crippen LogP contribution in [0, 0.1) is 5.82 Å². The van der Waals surface area contributed by atoms with Crippen LogP contribution in [0.2, 0.25) is 0 Å². The van der Waals surface area contributed by atoms with Crippen LogP contribution in [-0.4, -0.2) is 85.8 Å². The molecule has 5 aromatic rings. The number of furan rings is 1. The van der Waals surface area contributed by atoms with E-state index in [0.29, 0.717) is 54.9 Å². The molecule has 1 amide bonds.